The van der Waals surface area contributed by atoms with E-state index in [1.807, 2.05) is 4.90 Å². The van der Waals surface area contributed by atoms with E-state index in [1.54, 1.807) is 30.3 Å². The van der Waals surface area contributed by atoms with Gasteiger partial charge in [0.1, 0.15) is 4.90 Å². The highest BCUT2D eigenvalue weighted by Gasteiger charge is 2.24. The summed E-state index contributed by atoms with van der Waals surface area (Å²) in [5, 5.41) is 0. The van der Waals surface area contributed by atoms with Crippen molar-refractivity contribution in [1.82, 2.24) is 9.62 Å². The topological polar surface area (TPSA) is 111 Å². The third-order valence-corrected chi connectivity index (χ3v) is 6.84. The van der Waals surface area contributed by atoms with Gasteiger partial charge in [-0.05, 0) is 54.3 Å². The molecule has 0 unspecified atom stereocenters. The number of carbonyl (C=O) groups is 2. The zero-order valence-electron chi connectivity index (χ0n) is 19.4. The molecule has 2 aromatic carbocycles. The minimum absolute atomic E-state index is 0.00815. The third kappa shape index (κ3) is 5.95. The normalized spacial score (nSPS) is 13.8. The lowest BCUT2D eigenvalue weighted by Gasteiger charge is -2.16. The van der Waals surface area contributed by atoms with Gasteiger partial charge in [0.15, 0.2) is 11.5 Å². The van der Waals surface area contributed by atoms with E-state index in [1.165, 1.54) is 39.5 Å². The standard InChI is InChI=1S/C24H28N2O7S/c1-31-20-14-18(8-11-22(27)32-2)15-21(23(20)33-3)34(29,30)25-16-17-6-9-19(10-7-17)24(28)26-12-4-5-13-26/h6-11,14-15,25H,4-5,12-13,16H2,1-3H3. The van der Waals surface area contributed by atoms with Crippen LogP contribution in [-0.2, 0) is 26.1 Å². The van der Waals surface area contributed by atoms with Crippen LogP contribution in [0.15, 0.2) is 47.4 Å². The van der Waals surface area contributed by atoms with Crippen LogP contribution in [0.5, 0.6) is 11.5 Å². The van der Waals surface area contributed by atoms with E-state index in [0.29, 0.717) is 16.7 Å². The molecule has 10 heteroatoms. The molecule has 0 radical (unpaired) electrons. The van der Waals surface area contributed by atoms with Crippen LogP contribution in [0.3, 0.4) is 0 Å². The molecule has 1 fully saturated rings. The maximum Gasteiger partial charge on any atom is 0.330 e. The fraction of sp³-hybridized carbons (Fsp3) is 0.333. The summed E-state index contributed by atoms with van der Waals surface area (Å²) in [4.78, 5) is 25.6. The number of esters is 1. The first-order chi connectivity index (χ1) is 16.3. The number of amides is 1. The van der Waals surface area contributed by atoms with Gasteiger partial charge < -0.3 is 19.1 Å². The zero-order valence-corrected chi connectivity index (χ0v) is 20.2. The third-order valence-electron chi connectivity index (χ3n) is 5.43. The van der Waals surface area contributed by atoms with Crippen LogP contribution in [0.4, 0.5) is 0 Å². The molecule has 1 heterocycles. The Morgan fingerprint density at radius 1 is 1.03 bits per heavy atom. The molecular weight excluding hydrogens is 460 g/mol. The molecule has 3 rings (SSSR count). The molecule has 0 atom stereocenters. The summed E-state index contributed by atoms with van der Waals surface area (Å²) in [5.41, 5.74) is 1.67. The van der Waals surface area contributed by atoms with Gasteiger partial charge in [-0.25, -0.2) is 17.9 Å². The number of ether oxygens (including phenoxy) is 3. The predicted molar refractivity (Wildman–Crippen MR) is 126 cm³/mol. The van der Waals surface area contributed by atoms with Gasteiger partial charge in [0.05, 0.1) is 21.3 Å². The van der Waals surface area contributed by atoms with Crippen LogP contribution in [0.25, 0.3) is 6.08 Å². The van der Waals surface area contributed by atoms with Crippen molar-refractivity contribution in [2.45, 2.75) is 24.3 Å². The number of nitrogens with one attached hydrogen (secondary N) is 1. The van der Waals surface area contributed by atoms with Gasteiger partial charge in [-0.1, -0.05) is 12.1 Å². The van der Waals surface area contributed by atoms with Crippen molar-refractivity contribution in [3.05, 3.63) is 59.2 Å². The van der Waals surface area contributed by atoms with E-state index in [-0.39, 0.29) is 28.8 Å². The number of sulfonamides is 1. The SMILES string of the molecule is COC(=O)C=Cc1cc(OC)c(OC)c(S(=O)(=O)NCc2ccc(C(=O)N3CCCC3)cc2)c1. The monoisotopic (exact) mass is 488 g/mol. The van der Waals surface area contributed by atoms with E-state index < -0.39 is 16.0 Å². The lowest BCUT2D eigenvalue weighted by atomic mass is 10.1. The predicted octanol–water partition coefficient (Wildman–Crippen LogP) is 2.60. The van der Waals surface area contributed by atoms with Crippen molar-refractivity contribution in [3.63, 3.8) is 0 Å². The van der Waals surface area contributed by atoms with Gasteiger partial charge in [-0.2, -0.15) is 0 Å². The van der Waals surface area contributed by atoms with Gasteiger partial charge in [-0.15, -0.1) is 0 Å². The van der Waals surface area contributed by atoms with Crippen LogP contribution < -0.4 is 14.2 Å². The average Bonchev–Trinajstić information content (AvgIpc) is 3.40. The Hall–Kier alpha value is -3.37. The number of nitrogens with zero attached hydrogens (tertiary/aromatic N) is 1. The molecule has 2 aromatic rings. The van der Waals surface area contributed by atoms with Crippen molar-refractivity contribution in [1.29, 1.82) is 0 Å². The molecule has 1 aliphatic rings. The second kappa shape index (κ2) is 11.2. The van der Waals surface area contributed by atoms with Crippen molar-refractivity contribution >= 4 is 28.0 Å². The summed E-state index contributed by atoms with van der Waals surface area (Å²) < 4.78 is 44.0. The van der Waals surface area contributed by atoms with Crippen molar-refractivity contribution < 1.29 is 32.2 Å². The Kier molecular flexibility index (Phi) is 8.30. The molecule has 1 saturated heterocycles. The van der Waals surface area contributed by atoms with Gasteiger partial charge in [0, 0.05) is 31.3 Å². The first kappa shape index (κ1) is 25.3. The first-order valence-corrected chi connectivity index (χ1v) is 12.2. The molecule has 1 aliphatic heterocycles. The van der Waals surface area contributed by atoms with E-state index in [4.69, 9.17) is 9.47 Å². The molecule has 0 aliphatic carbocycles. The summed E-state index contributed by atoms with van der Waals surface area (Å²) in [6.07, 6.45) is 4.62. The van der Waals surface area contributed by atoms with Crippen LogP contribution in [-0.4, -0.2) is 59.6 Å². The Balaban J connectivity index is 1.80. The lowest BCUT2D eigenvalue weighted by Crippen LogP contribution is -2.27. The molecule has 0 saturated carbocycles. The molecule has 0 spiro atoms. The number of benzene rings is 2. The number of methoxy groups -OCH3 is 3. The van der Waals surface area contributed by atoms with Gasteiger partial charge in [0.25, 0.3) is 5.91 Å². The summed E-state index contributed by atoms with van der Waals surface area (Å²) in [5.74, 6) is -0.362. The van der Waals surface area contributed by atoms with Crippen LogP contribution in [0, 0.1) is 0 Å². The number of hydrogen-bond acceptors (Lipinski definition) is 7. The Labute approximate surface area is 199 Å². The molecular formula is C24H28N2O7S. The second-order valence-electron chi connectivity index (χ2n) is 7.63. The number of likely N-dealkylation sites (tertiary alicyclic amines) is 1. The Morgan fingerprint density at radius 3 is 2.29 bits per heavy atom. The first-order valence-electron chi connectivity index (χ1n) is 10.7. The fourth-order valence-corrected chi connectivity index (χ4v) is 4.83. The van der Waals surface area contributed by atoms with Crippen LogP contribution in [0.1, 0.15) is 34.3 Å². The largest absolute Gasteiger partial charge is 0.493 e. The fourth-order valence-electron chi connectivity index (χ4n) is 3.60. The summed E-state index contributed by atoms with van der Waals surface area (Å²) in [6, 6.07) is 9.77. The molecule has 1 amide bonds. The minimum Gasteiger partial charge on any atom is -0.493 e. The lowest BCUT2D eigenvalue weighted by molar-refractivity contribution is -0.134. The smallest absolute Gasteiger partial charge is 0.330 e. The summed E-state index contributed by atoms with van der Waals surface area (Å²) in [6.45, 7) is 1.54. The van der Waals surface area contributed by atoms with E-state index in [0.717, 1.165) is 25.9 Å². The zero-order chi connectivity index (χ0) is 24.7. The Bertz CT molecular complexity index is 1170. The van der Waals surface area contributed by atoms with Gasteiger partial charge >= 0.3 is 5.97 Å². The van der Waals surface area contributed by atoms with E-state index in [2.05, 4.69) is 9.46 Å². The molecule has 182 valence electrons. The quantitative estimate of drug-likeness (QED) is 0.427. The highest BCUT2D eigenvalue weighted by Crippen LogP contribution is 2.36. The number of hydrogen-bond donors (Lipinski definition) is 1. The molecule has 0 aromatic heterocycles. The highest BCUT2D eigenvalue weighted by molar-refractivity contribution is 7.89. The van der Waals surface area contributed by atoms with Gasteiger partial charge in [0.2, 0.25) is 10.0 Å². The molecule has 34 heavy (non-hydrogen) atoms. The maximum absolute atomic E-state index is 13.1. The van der Waals surface area contributed by atoms with Crippen LogP contribution >= 0.6 is 0 Å². The number of rotatable bonds is 9. The minimum atomic E-state index is -4.02. The molecule has 9 nitrogen and oxygen atoms in total. The van der Waals surface area contributed by atoms with Crippen LogP contribution in [0.2, 0.25) is 0 Å². The number of carbonyl (C=O) groups excluding carboxylic acids is 2. The van der Waals surface area contributed by atoms with E-state index in [9.17, 15) is 18.0 Å². The van der Waals surface area contributed by atoms with Crippen molar-refractivity contribution in [2.75, 3.05) is 34.4 Å². The maximum atomic E-state index is 13.1. The summed E-state index contributed by atoms with van der Waals surface area (Å²) >= 11 is 0. The van der Waals surface area contributed by atoms with Crippen molar-refractivity contribution in [2.24, 2.45) is 0 Å². The Morgan fingerprint density at radius 2 is 1.71 bits per heavy atom. The molecule has 1 N–H and O–H groups in total. The second-order valence-corrected chi connectivity index (χ2v) is 9.37. The average molecular weight is 489 g/mol. The summed E-state index contributed by atoms with van der Waals surface area (Å²) in [7, 11) is -0.0407. The van der Waals surface area contributed by atoms with E-state index >= 15 is 0 Å². The molecule has 0 bridgehead atoms. The van der Waals surface area contributed by atoms with Crippen molar-refractivity contribution in [3.8, 4) is 11.5 Å². The van der Waals surface area contributed by atoms with Gasteiger partial charge in [-0.3, -0.25) is 4.79 Å². The highest BCUT2D eigenvalue weighted by atomic mass is 32.2.